The Balaban J connectivity index is 0.00000338. The van der Waals surface area contributed by atoms with Crippen LogP contribution < -0.4 is 15.8 Å². The van der Waals surface area contributed by atoms with Crippen LogP contribution in [0.25, 0.3) is 0 Å². The Morgan fingerprint density at radius 2 is 1.81 bits per heavy atom. The Labute approximate surface area is 162 Å². The highest BCUT2D eigenvalue weighted by Crippen LogP contribution is 2.25. The van der Waals surface area contributed by atoms with Gasteiger partial charge in [0.2, 0.25) is 5.91 Å². The van der Waals surface area contributed by atoms with E-state index in [0.717, 1.165) is 22.4 Å². The molecule has 0 aliphatic carbocycles. The summed E-state index contributed by atoms with van der Waals surface area (Å²) in [6.45, 7) is 8.48. The van der Waals surface area contributed by atoms with E-state index in [-0.39, 0.29) is 36.4 Å². The summed E-state index contributed by atoms with van der Waals surface area (Å²) in [6.07, 6.45) is 0.255. The van der Waals surface area contributed by atoms with Crippen molar-refractivity contribution in [3.05, 3.63) is 65.2 Å². The Morgan fingerprint density at radius 3 is 2.42 bits per heavy atom. The Morgan fingerprint density at radius 1 is 1.15 bits per heavy atom. The molecule has 0 aliphatic heterocycles. The van der Waals surface area contributed by atoms with E-state index in [1.807, 2.05) is 76.2 Å². The van der Waals surface area contributed by atoms with Crippen LogP contribution in [0.15, 0.2) is 48.5 Å². The summed E-state index contributed by atoms with van der Waals surface area (Å²) in [5.74, 6) is 0.735. The molecule has 3 N–H and O–H groups in total. The molecule has 0 spiro atoms. The number of amides is 1. The van der Waals surface area contributed by atoms with E-state index in [1.165, 1.54) is 0 Å². The molecule has 0 radical (unpaired) electrons. The molecule has 2 rings (SSSR count). The van der Waals surface area contributed by atoms with Crippen LogP contribution in [0, 0.1) is 6.92 Å². The third kappa shape index (κ3) is 7.06. The fourth-order valence-corrected chi connectivity index (χ4v) is 2.52. The van der Waals surface area contributed by atoms with Crippen molar-refractivity contribution in [2.24, 2.45) is 5.73 Å². The molecule has 142 valence electrons. The first-order chi connectivity index (χ1) is 11.7. The summed E-state index contributed by atoms with van der Waals surface area (Å²) >= 11 is 0. The molecule has 1 amide bonds. The van der Waals surface area contributed by atoms with Crippen molar-refractivity contribution in [1.29, 1.82) is 0 Å². The first-order valence-electron chi connectivity index (χ1n) is 8.60. The summed E-state index contributed by atoms with van der Waals surface area (Å²) < 4.78 is 6.02. The number of rotatable bonds is 6. The molecule has 26 heavy (non-hydrogen) atoms. The van der Waals surface area contributed by atoms with Gasteiger partial charge in [0.15, 0.2) is 0 Å². The van der Waals surface area contributed by atoms with Crippen molar-refractivity contribution in [2.45, 2.75) is 52.3 Å². The molecular weight excluding hydrogens is 348 g/mol. The van der Waals surface area contributed by atoms with Gasteiger partial charge < -0.3 is 15.8 Å². The third-order valence-corrected chi connectivity index (χ3v) is 3.75. The van der Waals surface area contributed by atoms with Gasteiger partial charge in [0.05, 0.1) is 0 Å². The maximum Gasteiger partial charge on any atom is 0.222 e. The van der Waals surface area contributed by atoms with Crippen LogP contribution in [0.2, 0.25) is 0 Å². The van der Waals surface area contributed by atoms with E-state index in [4.69, 9.17) is 10.5 Å². The molecule has 0 aliphatic rings. The SMILES string of the molecule is Cc1ccc(CNC(=O)CC(N)c2ccccc2)c(OC(C)(C)C)c1.Cl. The number of carbonyl (C=O) groups excluding carboxylic acids is 1. The fraction of sp³-hybridized carbons (Fsp3) is 0.381. The molecule has 1 unspecified atom stereocenters. The Hall–Kier alpha value is -2.04. The van der Waals surface area contributed by atoms with Crippen LogP contribution in [0.4, 0.5) is 0 Å². The van der Waals surface area contributed by atoms with Crippen molar-refractivity contribution in [3.63, 3.8) is 0 Å². The maximum atomic E-state index is 12.2. The minimum atomic E-state index is -0.301. The van der Waals surface area contributed by atoms with Crippen molar-refractivity contribution in [1.82, 2.24) is 5.32 Å². The third-order valence-electron chi connectivity index (χ3n) is 3.75. The molecule has 4 nitrogen and oxygen atoms in total. The topological polar surface area (TPSA) is 64.4 Å². The highest BCUT2D eigenvalue weighted by molar-refractivity contribution is 5.85. The molecule has 0 bridgehead atoms. The summed E-state index contributed by atoms with van der Waals surface area (Å²) in [5, 5.41) is 2.95. The largest absolute Gasteiger partial charge is 0.488 e. The zero-order valence-corrected chi connectivity index (χ0v) is 16.7. The summed E-state index contributed by atoms with van der Waals surface area (Å²) in [4.78, 5) is 12.2. The standard InChI is InChI=1S/C21H28N2O2.ClH/c1-15-10-11-17(19(12-15)25-21(2,3)4)14-23-20(24)13-18(22)16-8-6-5-7-9-16;/h5-12,18H,13-14,22H2,1-4H3,(H,23,24);1H. The quantitative estimate of drug-likeness (QED) is 0.789. The van der Waals surface area contributed by atoms with Gasteiger partial charge in [-0.3, -0.25) is 4.79 Å². The second-order valence-corrected chi connectivity index (χ2v) is 7.32. The molecule has 5 heteroatoms. The highest BCUT2D eigenvalue weighted by Gasteiger charge is 2.16. The zero-order valence-electron chi connectivity index (χ0n) is 15.9. The fourth-order valence-electron chi connectivity index (χ4n) is 2.52. The zero-order chi connectivity index (χ0) is 18.4. The van der Waals surface area contributed by atoms with E-state index in [0.29, 0.717) is 6.54 Å². The minimum absolute atomic E-state index is 0. The second kappa shape index (κ2) is 9.60. The number of carbonyl (C=O) groups is 1. The van der Waals surface area contributed by atoms with Gasteiger partial charge in [-0.25, -0.2) is 0 Å². The lowest BCUT2D eigenvalue weighted by molar-refractivity contribution is -0.121. The number of nitrogens with one attached hydrogen (secondary N) is 1. The van der Waals surface area contributed by atoms with E-state index in [2.05, 4.69) is 5.32 Å². The number of halogens is 1. The van der Waals surface area contributed by atoms with Crippen molar-refractivity contribution < 1.29 is 9.53 Å². The van der Waals surface area contributed by atoms with Gasteiger partial charge in [-0.15, -0.1) is 12.4 Å². The van der Waals surface area contributed by atoms with Gasteiger partial charge in [-0.1, -0.05) is 42.5 Å². The van der Waals surface area contributed by atoms with Gasteiger partial charge in [0, 0.05) is 24.6 Å². The maximum absolute atomic E-state index is 12.2. The van der Waals surface area contributed by atoms with E-state index >= 15 is 0 Å². The Kier molecular flexibility index (Phi) is 8.12. The first kappa shape index (κ1) is 22.0. The predicted molar refractivity (Wildman–Crippen MR) is 109 cm³/mol. The number of aryl methyl sites for hydroxylation is 1. The van der Waals surface area contributed by atoms with Crippen LogP contribution in [0.1, 0.15) is 49.9 Å². The van der Waals surface area contributed by atoms with Crippen molar-refractivity contribution >= 4 is 18.3 Å². The van der Waals surface area contributed by atoms with E-state index < -0.39 is 0 Å². The monoisotopic (exact) mass is 376 g/mol. The Bertz CT molecular complexity index is 712. The molecule has 0 heterocycles. The van der Waals surface area contributed by atoms with Crippen molar-refractivity contribution in [2.75, 3.05) is 0 Å². The van der Waals surface area contributed by atoms with Gasteiger partial charge in [-0.05, 0) is 44.9 Å². The van der Waals surface area contributed by atoms with Crippen LogP contribution in [-0.4, -0.2) is 11.5 Å². The minimum Gasteiger partial charge on any atom is -0.488 e. The molecule has 0 aromatic heterocycles. The molecule has 0 saturated carbocycles. The normalized spacial score (nSPS) is 12.0. The van der Waals surface area contributed by atoms with E-state index in [1.54, 1.807) is 0 Å². The average molecular weight is 377 g/mol. The van der Waals surface area contributed by atoms with Crippen LogP contribution in [-0.2, 0) is 11.3 Å². The molecule has 1 atom stereocenters. The second-order valence-electron chi connectivity index (χ2n) is 7.32. The molecule has 0 saturated heterocycles. The van der Waals surface area contributed by atoms with Crippen molar-refractivity contribution in [3.8, 4) is 5.75 Å². The summed E-state index contributed by atoms with van der Waals surface area (Å²) in [5.41, 5.74) is 8.87. The summed E-state index contributed by atoms with van der Waals surface area (Å²) in [6, 6.07) is 15.4. The average Bonchev–Trinajstić information content (AvgIpc) is 2.53. The van der Waals surface area contributed by atoms with E-state index in [9.17, 15) is 4.79 Å². The molecule has 2 aromatic carbocycles. The number of benzene rings is 2. The van der Waals surface area contributed by atoms with Crippen LogP contribution in [0.5, 0.6) is 5.75 Å². The van der Waals surface area contributed by atoms with Crippen LogP contribution in [0.3, 0.4) is 0 Å². The number of nitrogens with two attached hydrogens (primary N) is 1. The lowest BCUT2D eigenvalue weighted by atomic mass is 10.0. The molecule has 0 fully saturated rings. The number of hydrogen-bond donors (Lipinski definition) is 2. The lowest BCUT2D eigenvalue weighted by Crippen LogP contribution is -2.28. The lowest BCUT2D eigenvalue weighted by Gasteiger charge is -2.24. The molecule has 2 aromatic rings. The number of ether oxygens (including phenoxy) is 1. The smallest absolute Gasteiger partial charge is 0.222 e. The van der Waals surface area contributed by atoms with Gasteiger partial charge in [0.25, 0.3) is 0 Å². The first-order valence-corrected chi connectivity index (χ1v) is 8.60. The summed E-state index contributed by atoms with van der Waals surface area (Å²) in [7, 11) is 0. The highest BCUT2D eigenvalue weighted by atomic mass is 35.5. The van der Waals surface area contributed by atoms with Gasteiger partial charge >= 0.3 is 0 Å². The molecular formula is C21H29ClN2O2. The predicted octanol–water partition coefficient (Wildman–Crippen LogP) is 4.30. The van der Waals surface area contributed by atoms with Gasteiger partial charge in [-0.2, -0.15) is 0 Å². The number of hydrogen-bond acceptors (Lipinski definition) is 3. The van der Waals surface area contributed by atoms with Crippen LogP contribution >= 0.6 is 12.4 Å². The van der Waals surface area contributed by atoms with Gasteiger partial charge in [0.1, 0.15) is 11.4 Å².